The van der Waals surface area contributed by atoms with Crippen molar-refractivity contribution in [3.8, 4) is 0 Å². The van der Waals surface area contributed by atoms with Crippen molar-refractivity contribution in [3.63, 3.8) is 0 Å². The number of hydrogen-bond donors (Lipinski definition) is 4. The van der Waals surface area contributed by atoms with Gasteiger partial charge in [-0.05, 0) is 6.42 Å². The molecule has 0 aromatic heterocycles. The molecule has 0 aromatic rings. The number of carbonyl (C=O) groups excluding carboxylic acids is 1. The Morgan fingerprint density at radius 2 is 1.13 bits per heavy atom. The maximum absolute atomic E-state index is 11.7. The molecule has 0 aliphatic rings. The van der Waals surface area contributed by atoms with Crippen molar-refractivity contribution in [2.75, 3.05) is 13.2 Å². The molecule has 0 fully saturated rings. The second-order valence-electron chi connectivity index (χ2n) is 8.78. The Hall–Kier alpha value is -0.460. The normalized spacial score (nSPS) is 12.8. The van der Waals surface area contributed by atoms with Gasteiger partial charge in [-0.1, -0.05) is 116 Å². The first kappa shape index (κ1) is 30.5. The van der Waals surface area contributed by atoms with Crippen LogP contribution in [0.25, 0.3) is 0 Å². The predicted octanol–water partition coefficient (Wildman–Crippen LogP) is 4.86. The maximum atomic E-state index is 11.7. The van der Waals surface area contributed by atoms with Crippen molar-refractivity contribution in [2.45, 2.75) is 129 Å². The Labute approximate surface area is 190 Å². The van der Waals surface area contributed by atoms with Gasteiger partial charge in [0.1, 0.15) is 6.61 Å². The summed E-state index contributed by atoms with van der Waals surface area (Å²) in [4.78, 5) is 29.0. The molecule has 0 rings (SSSR count). The molecule has 0 aromatic carbocycles. The highest BCUT2D eigenvalue weighted by Gasteiger charge is 2.22. The van der Waals surface area contributed by atoms with E-state index in [1.165, 1.54) is 103 Å². The van der Waals surface area contributed by atoms with E-state index in [1.54, 1.807) is 0 Å². The summed E-state index contributed by atoms with van der Waals surface area (Å²) in [7, 11) is -4.55. The minimum Gasteiger partial charge on any atom is -0.351 e. The molecule has 0 unspecified atom stereocenters. The Morgan fingerprint density at radius 1 is 0.774 bits per heavy atom. The predicted molar refractivity (Wildman–Crippen MR) is 126 cm³/mol. The third kappa shape index (κ3) is 24.0. The fraction of sp³-hybridized carbons (Fsp3) is 0.957. The zero-order chi connectivity index (χ0) is 23.2. The summed E-state index contributed by atoms with van der Waals surface area (Å²) in [5, 5.41) is 2.74. The molecule has 0 spiro atoms. The van der Waals surface area contributed by atoms with Crippen LogP contribution in [-0.2, 0) is 13.9 Å². The maximum Gasteiger partial charge on any atom is 0.469 e. The number of phosphoric acid groups is 1. The van der Waals surface area contributed by atoms with E-state index in [-0.39, 0.29) is 12.5 Å². The van der Waals surface area contributed by atoms with Gasteiger partial charge >= 0.3 is 7.82 Å². The smallest absolute Gasteiger partial charge is 0.351 e. The second-order valence-corrected chi connectivity index (χ2v) is 10.0. The molecule has 1 atom stereocenters. The van der Waals surface area contributed by atoms with Gasteiger partial charge in [-0.3, -0.25) is 9.32 Å². The number of hydrogen-bond acceptors (Lipinski definition) is 3. The summed E-state index contributed by atoms with van der Waals surface area (Å²) in [6.07, 6.45) is 23.8. The molecule has 6 N–H and O–H groups in total. The van der Waals surface area contributed by atoms with Crippen molar-refractivity contribution in [2.24, 2.45) is 0 Å². The molecule has 31 heavy (non-hydrogen) atoms. The van der Waals surface area contributed by atoms with Crippen molar-refractivity contribution < 1.29 is 29.4 Å². The molecule has 0 bridgehead atoms. The third-order valence-corrected chi connectivity index (χ3v) is 6.13. The monoisotopic (exact) mass is 465 g/mol. The lowest BCUT2D eigenvalue weighted by atomic mass is 10.0. The molecule has 0 radical (unpaired) electrons. The summed E-state index contributed by atoms with van der Waals surface area (Å²) in [6.45, 7) is 2.46. The minimum absolute atomic E-state index is 0.333. The van der Waals surface area contributed by atoms with Crippen LogP contribution in [0.4, 0.5) is 0 Å². The van der Waals surface area contributed by atoms with Crippen LogP contribution in [-0.4, -0.2) is 34.9 Å². The summed E-state index contributed by atoms with van der Waals surface area (Å²) < 4.78 is 14.9. The molecule has 186 valence electrons. The highest BCUT2D eigenvalue weighted by atomic mass is 31.2. The van der Waals surface area contributed by atoms with E-state index in [9.17, 15) is 9.36 Å². The number of carbonyl (C=O) groups is 1. The number of quaternary nitrogens is 1. The quantitative estimate of drug-likeness (QED) is 0.127. The average molecular weight is 466 g/mol. The summed E-state index contributed by atoms with van der Waals surface area (Å²) in [5.74, 6) is -0.333. The van der Waals surface area contributed by atoms with Crippen molar-refractivity contribution in [1.82, 2.24) is 5.32 Å². The Kier molecular flexibility index (Phi) is 21.1. The molecule has 0 aliphatic heterocycles. The highest BCUT2D eigenvalue weighted by Crippen LogP contribution is 2.35. The number of unbranched alkanes of at least 4 members (excludes halogenated alkanes) is 17. The van der Waals surface area contributed by atoms with Gasteiger partial charge in [-0.15, -0.1) is 0 Å². The largest absolute Gasteiger partial charge is 0.469 e. The van der Waals surface area contributed by atoms with Crippen LogP contribution < -0.4 is 11.1 Å². The molecular formula is C23H50N2O5P+. The van der Waals surface area contributed by atoms with E-state index in [4.69, 9.17) is 9.79 Å². The van der Waals surface area contributed by atoms with Gasteiger partial charge in [-0.2, -0.15) is 0 Å². The molecule has 8 heteroatoms. The fourth-order valence-corrected chi connectivity index (χ4v) is 4.02. The zero-order valence-electron chi connectivity index (χ0n) is 20.0. The molecular weight excluding hydrogens is 415 g/mol. The summed E-state index contributed by atoms with van der Waals surface area (Å²) in [6, 6.07) is -0.817. The summed E-state index contributed by atoms with van der Waals surface area (Å²) >= 11 is 0. The standard InChI is InChI=1S/C23H49N2O5P/c1-2-3-4-5-6-7-8-9-10-11-12-13-14-15-16-17-18-19-20-25-23(26)22(24)21-30-31(27,28)29/h22H,2-21,24H2,1H3,(H,25,26)(H2,27,28,29)/p+1/t22-/m1/s1. The first-order valence-electron chi connectivity index (χ1n) is 12.7. The minimum atomic E-state index is -4.55. The lowest BCUT2D eigenvalue weighted by Gasteiger charge is -2.10. The molecule has 1 amide bonds. The van der Waals surface area contributed by atoms with Gasteiger partial charge in [0.05, 0.1) is 0 Å². The van der Waals surface area contributed by atoms with Gasteiger partial charge in [0.25, 0.3) is 5.91 Å². The molecule has 0 aliphatic carbocycles. The van der Waals surface area contributed by atoms with Crippen molar-refractivity contribution >= 4 is 13.7 Å². The van der Waals surface area contributed by atoms with E-state index < -0.39 is 13.9 Å². The zero-order valence-corrected chi connectivity index (χ0v) is 20.9. The van der Waals surface area contributed by atoms with E-state index >= 15 is 0 Å². The number of rotatable bonds is 23. The third-order valence-electron chi connectivity index (χ3n) is 5.64. The first-order valence-corrected chi connectivity index (χ1v) is 14.2. The van der Waals surface area contributed by atoms with E-state index in [0.717, 1.165) is 12.8 Å². The fourth-order valence-electron chi connectivity index (χ4n) is 3.65. The van der Waals surface area contributed by atoms with E-state index in [0.29, 0.717) is 6.54 Å². The van der Waals surface area contributed by atoms with Crippen molar-refractivity contribution in [3.05, 3.63) is 0 Å². The van der Waals surface area contributed by atoms with Crippen LogP contribution in [0.3, 0.4) is 0 Å². The number of phosphoric ester groups is 1. The van der Waals surface area contributed by atoms with Crippen LogP contribution in [0.1, 0.15) is 122 Å². The molecule has 0 saturated heterocycles. The molecule has 0 heterocycles. The average Bonchev–Trinajstić information content (AvgIpc) is 2.72. The van der Waals surface area contributed by atoms with Gasteiger partial charge in [0.2, 0.25) is 0 Å². The summed E-state index contributed by atoms with van der Waals surface area (Å²) in [5.41, 5.74) is 3.56. The van der Waals surface area contributed by atoms with Crippen molar-refractivity contribution in [1.29, 1.82) is 0 Å². The second kappa shape index (κ2) is 21.4. The van der Waals surface area contributed by atoms with Gasteiger partial charge < -0.3 is 20.8 Å². The topological polar surface area (TPSA) is 124 Å². The number of amides is 1. The van der Waals surface area contributed by atoms with Crippen LogP contribution in [0.5, 0.6) is 0 Å². The van der Waals surface area contributed by atoms with Crippen LogP contribution in [0.15, 0.2) is 0 Å². The Morgan fingerprint density at radius 3 is 1.48 bits per heavy atom. The van der Waals surface area contributed by atoms with Crippen LogP contribution >= 0.6 is 7.82 Å². The van der Waals surface area contributed by atoms with Crippen LogP contribution in [0, 0.1) is 0 Å². The van der Waals surface area contributed by atoms with Gasteiger partial charge in [0.15, 0.2) is 6.04 Å². The highest BCUT2D eigenvalue weighted by molar-refractivity contribution is 7.46. The van der Waals surface area contributed by atoms with Crippen LogP contribution in [0.2, 0.25) is 0 Å². The molecule has 0 saturated carbocycles. The first-order chi connectivity index (χ1) is 14.9. The molecule has 7 nitrogen and oxygen atoms in total. The van der Waals surface area contributed by atoms with E-state index in [2.05, 4.69) is 22.5 Å². The lowest BCUT2D eigenvalue weighted by molar-refractivity contribution is -0.408. The SMILES string of the molecule is CCCCCCCCCCCCCCCCCCCCNC(=O)[C@H]([NH3+])COP(=O)(O)O. The Balaban J connectivity index is 3.24. The van der Waals surface area contributed by atoms with E-state index in [1.807, 2.05) is 0 Å². The Bertz CT molecular complexity index is 459. The van der Waals surface area contributed by atoms with Gasteiger partial charge in [-0.25, -0.2) is 4.57 Å². The number of nitrogens with one attached hydrogen (secondary N) is 1. The van der Waals surface area contributed by atoms with Gasteiger partial charge in [0, 0.05) is 6.54 Å². The lowest BCUT2D eigenvalue weighted by Crippen LogP contribution is -2.69.